The molecule has 4 aliphatic rings. The fourth-order valence-electron chi connectivity index (χ4n) is 5.09. The molecule has 6 nitrogen and oxygen atoms in total. The lowest BCUT2D eigenvalue weighted by molar-refractivity contribution is -0.142. The van der Waals surface area contributed by atoms with E-state index >= 15 is 0 Å². The second-order valence-electron chi connectivity index (χ2n) is 8.11. The summed E-state index contributed by atoms with van der Waals surface area (Å²) in [5, 5.41) is 0. The number of fused-ring (bicyclic) bond motifs is 1. The Morgan fingerprint density at radius 3 is 2.16 bits per heavy atom. The Kier molecular flexibility index (Phi) is 4.08. The molecule has 0 radical (unpaired) electrons. The molecule has 3 aliphatic heterocycles. The topological polar surface area (TPSA) is 60.9 Å². The Hall–Kier alpha value is -1.85. The lowest BCUT2D eigenvalue weighted by atomic mass is 9.79. The Bertz CT molecular complexity index is 617. The summed E-state index contributed by atoms with van der Waals surface area (Å²) in [4.78, 5) is 43.8. The van der Waals surface area contributed by atoms with Crippen molar-refractivity contribution in [3.63, 3.8) is 0 Å². The fraction of sp³-hybridized carbons (Fsp3) is 0.737. The van der Waals surface area contributed by atoms with Crippen molar-refractivity contribution in [1.82, 2.24) is 14.7 Å². The summed E-state index contributed by atoms with van der Waals surface area (Å²) in [6.07, 6.45) is 7.88. The van der Waals surface area contributed by atoms with Crippen molar-refractivity contribution in [1.29, 1.82) is 0 Å². The van der Waals surface area contributed by atoms with E-state index in [0.29, 0.717) is 26.2 Å². The SMILES string of the molecule is CC(=O)N1C[C@H]2CN(C(=O)C3CC=CC3)C[C@@]2(C(=O)N2CCCC2)C1. The predicted molar refractivity (Wildman–Crippen MR) is 92.4 cm³/mol. The van der Waals surface area contributed by atoms with Gasteiger partial charge in [0.05, 0.1) is 5.41 Å². The number of amides is 3. The third-order valence-corrected chi connectivity index (χ3v) is 6.54. The molecule has 136 valence electrons. The van der Waals surface area contributed by atoms with Gasteiger partial charge in [-0.15, -0.1) is 0 Å². The van der Waals surface area contributed by atoms with Crippen molar-refractivity contribution in [2.45, 2.75) is 32.6 Å². The van der Waals surface area contributed by atoms with E-state index in [1.165, 1.54) is 0 Å². The number of rotatable bonds is 2. The third-order valence-electron chi connectivity index (χ3n) is 6.54. The summed E-state index contributed by atoms with van der Waals surface area (Å²) >= 11 is 0. The number of hydrogen-bond acceptors (Lipinski definition) is 3. The van der Waals surface area contributed by atoms with Crippen LogP contribution in [0.2, 0.25) is 0 Å². The van der Waals surface area contributed by atoms with Crippen LogP contribution in [0.15, 0.2) is 12.2 Å². The highest BCUT2D eigenvalue weighted by Gasteiger charge is 2.60. The molecule has 3 heterocycles. The molecule has 0 aromatic carbocycles. The molecule has 0 N–H and O–H groups in total. The van der Waals surface area contributed by atoms with E-state index in [9.17, 15) is 14.4 Å². The Balaban J connectivity index is 1.56. The van der Waals surface area contributed by atoms with Crippen LogP contribution in [0.25, 0.3) is 0 Å². The predicted octanol–water partition coefficient (Wildman–Crippen LogP) is 0.882. The molecule has 6 heteroatoms. The lowest BCUT2D eigenvalue weighted by Crippen LogP contribution is -2.49. The Morgan fingerprint density at radius 2 is 1.52 bits per heavy atom. The maximum Gasteiger partial charge on any atom is 0.232 e. The zero-order chi connectivity index (χ0) is 17.6. The molecule has 0 saturated carbocycles. The van der Waals surface area contributed by atoms with E-state index in [4.69, 9.17) is 0 Å². The van der Waals surface area contributed by atoms with Gasteiger partial charge in [-0.05, 0) is 25.7 Å². The number of allylic oxidation sites excluding steroid dienone is 2. The highest BCUT2D eigenvalue weighted by molar-refractivity contribution is 5.88. The summed E-state index contributed by atoms with van der Waals surface area (Å²) in [6, 6.07) is 0. The summed E-state index contributed by atoms with van der Waals surface area (Å²) < 4.78 is 0. The normalized spacial score (nSPS) is 31.9. The summed E-state index contributed by atoms with van der Waals surface area (Å²) in [5.41, 5.74) is -0.586. The summed E-state index contributed by atoms with van der Waals surface area (Å²) in [5.74, 6) is 0.492. The molecule has 4 rings (SSSR count). The van der Waals surface area contributed by atoms with Gasteiger partial charge in [-0.3, -0.25) is 14.4 Å². The Labute approximate surface area is 148 Å². The molecule has 0 spiro atoms. The second-order valence-corrected chi connectivity index (χ2v) is 8.11. The van der Waals surface area contributed by atoms with Crippen LogP contribution < -0.4 is 0 Å². The first kappa shape index (κ1) is 16.6. The van der Waals surface area contributed by atoms with Crippen molar-refractivity contribution in [2.24, 2.45) is 17.3 Å². The zero-order valence-electron chi connectivity index (χ0n) is 14.9. The van der Waals surface area contributed by atoms with E-state index in [0.717, 1.165) is 38.8 Å². The van der Waals surface area contributed by atoms with Gasteiger partial charge in [-0.25, -0.2) is 0 Å². The average Bonchev–Trinajstić information content (AvgIpc) is 3.36. The van der Waals surface area contributed by atoms with Gasteiger partial charge in [0, 0.05) is 58.0 Å². The first-order valence-corrected chi connectivity index (χ1v) is 9.50. The molecular formula is C19H27N3O3. The van der Waals surface area contributed by atoms with Crippen molar-refractivity contribution in [3.8, 4) is 0 Å². The van der Waals surface area contributed by atoms with Gasteiger partial charge < -0.3 is 14.7 Å². The van der Waals surface area contributed by atoms with E-state index in [-0.39, 0.29) is 29.6 Å². The Morgan fingerprint density at radius 1 is 0.920 bits per heavy atom. The van der Waals surface area contributed by atoms with Crippen molar-refractivity contribution in [3.05, 3.63) is 12.2 Å². The van der Waals surface area contributed by atoms with Gasteiger partial charge >= 0.3 is 0 Å². The molecule has 0 aromatic rings. The van der Waals surface area contributed by atoms with Gasteiger partial charge in [0.1, 0.15) is 0 Å². The first-order valence-electron chi connectivity index (χ1n) is 9.50. The summed E-state index contributed by atoms with van der Waals surface area (Å²) in [6.45, 7) is 5.35. The maximum atomic E-state index is 13.3. The van der Waals surface area contributed by atoms with Crippen LogP contribution in [-0.4, -0.2) is 71.7 Å². The van der Waals surface area contributed by atoms with Gasteiger partial charge in [0.2, 0.25) is 17.7 Å². The summed E-state index contributed by atoms with van der Waals surface area (Å²) in [7, 11) is 0. The highest BCUT2D eigenvalue weighted by Crippen LogP contribution is 2.45. The molecule has 0 bridgehead atoms. The first-order chi connectivity index (χ1) is 12.0. The fourth-order valence-corrected chi connectivity index (χ4v) is 5.09. The van der Waals surface area contributed by atoms with Gasteiger partial charge in [0.25, 0.3) is 0 Å². The van der Waals surface area contributed by atoms with Gasteiger partial charge in [-0.1, -0.05) is 12.2 Å². The molecule has 3 saturated heterocycles. The van der Waals surface area contributed by atoms with Crippen molar-refractivity contribution < 1.29 is 14.4 Å². The molecule has 1 aliphatic carbocycles. The number of nitrogens with zero attached hydrogens (tertiary/aromatic N) is 3. The molecule has 25 heavy (non-hydrogen) atoms. The minimum atomic E-state index is -0.586. The molecule has 0 aromatic heterocycles. The van der Waals surface area contributed by atoms with Gasteiger partial charge in [-0.2, -0.15) is 0 Å². The third kappa shape index (κ3) is 2.66. The molecule has 2 atom stereocenters. The van der Waals surface area contributed by atoms with Crippen LogP contribution in [0.4, 0.5) is 0 Å². The van der Waals surface area contributed by atoms with Crippen LogP contribution in [0.3, 0.4) is 0 Å². The standard InChI is InChI=1S/C19H27N3O3/c1-14(23)21-10-16-11-22(17(24)15-6-2-3-7-15)13-19(16,12-21)18(25)20-8-4-5-9-20/h2-3,15-16H,4-13H2,1H3/t16-,19-/m0/s1. The highest BCUT2D eigenvalue weighted by atomic mass is 16.2. The number of likely N-dealkylation sites (tertiary alicyclic amines) is 3. The number of carbonyl (C=O) groups excluding carboxylic acids is 3. The van der Waals surface area contributed by atoms with Crippen LogP contribution in [0.5, 0.6) is 0 Å². The average molecular weight is 345 g/mol. The molecular weight excluding hydrogens is 318 g/mol. The maximum absolute atomic E-state index is 13.3. The molecule has 0 unspecified atom stereocenters. The van der Waals surface area contributed by atoms with E-state index in [2.05, 4.69) is 12.2 Å². The van der Waals surface area contributed by atoms with Crippen LogP contribution >= 0.6 is 0 Å². The smallest absolute Gasteiger partial charge is 0.232 e. The van der Waals surface area contributed by atoms with E-state index in [1.54, 1.807) is 11.8 Å². The van der Waals surface area contributed by atoms with E-state index < -0.39 is 5.41 Å². The van der Waals surface area contributed by atoms with Crippen LogP contribution in [-0.2, 0) is 14.4 Å². The monoisotopic (exact) mass is 345 g/mol. The lowest BCUT2D eigenvalue weighted by Gasteiger charge is -2.32. The van der Waals surface area contributed by atoms with E-state index in [1.807, 2.05) is 9.80 Å². The minimum absolute atomic E-state index is 0.0286. The quantitative estimate of drug-likeness (QED) is 0.698. The number of hydrogen-bond donors (Lipinski definition) is 0. The van der Waals surface area contributed by atoms with Gasteiger partial charge in [0.15, 0.2) is 0 Å². The zero-order valence-corrected chi connectivity index (χ0v) is 14.9. The van der Waals surface area contributed by atoms with Crippen molar-refractivity contribution in [2.75, 3.05) is 39.3 Å². The molecule has 3 fully saturated rings. The largest absolute Gasteiger partial charge is 0.342 e. The minimum Gasteiger partial charge on any atom is -0.342 e. The second kappa shape index (κ2) is 6.15. The van der Waals surface area contributed by atoms with Crippen LogP contribution in [0.1, 0.15) is 32.6 Å². The number of carbonyl (C=O) groups is 3. The van der Waals surface area contributed by atoms with Crippen molar-refractivity contribution >= 4 is 17.7 Å². The van der Waals surface area contributed by atoms with Crippen LogP contribution in [0, 0.1) is 17.3 Å². The molecule has 3 amide bonds.